The lowest BCUT2D eigenvalue weighted by Gasteiger charge is -2.29. The minimum Gasteiger partial charge on any atom is -0.497 e. The molecular formula is C34H33NO4. The van der Waals surface area contributed by atoms with Crippen LogP contribution in [-0.4, -0.2) is 36.2 Å². The van der Waals surface area contributed by atoms with Crippen LogP contribution in [0.25, 0.3) is 11.1 Å². The summed E-state index contributed by atoms with van der Waals surface area (Å²) in [6.45, 7) is 2.37. The number of methoxy groups -OCH3 is 1. The Morgan fingerprint density at radius 1 is 0.923 bits per heavy atom. The van der Waals surface area contributed by atoms with Crippen LogP contribution < -0.4 is 4.74 Å². The van der Waals surface area contributed by atoms with E-state index in [0.29, 0.717) is 0 Å². The summed E-state index contributed by atoms with van der Waals surface area (Å²) < 4.78 is 10.7. The third-order valence-corrected chi connectivity index (χ3v) is 7.30. The Hall–Kier alpha value is -4.35. The van der Waals surface area contributed by atoms with Gasteiger partial charge in [0.25, 0.3) is 0 Å². The summed E-state index contributed by atoms with van der Waals surface area (Å²) in [6, 6.07) is 33.4. The number of fused-ring (bicyclic) bond motifs is 1. The minimum atomic E-state index is -0.826. The molecule has 0 saturated heterocycles. The number of carboxylic acids is 1. The molecule has 2 aliphatic rings. The highest BCUT2D eigenvalue weighted by atomic mass is 16.5. The molecule has 1 aliphatic carbocycles. The molecule has 39 heavy (non-hydrogen) atoms. The summed E-state index contributed by atoms with van der Waals surface area (Å²) in [7, 11) is 1.68. The molecule has 0 fully saturated rings. The van der Waals surface area contributed by atoms with Crippen molar-refractivity contribution in [3.8, 4) is 16.9 Å². The van der Waals surface area contributed by atoms with Crippen LogP contribution in [0, 0.1) is 0 Å². The van der Waals surface area contributed by atoms with Gasteiger partial charge in [-0.05, 0) is 64.1 Å². The average molecular weight is 520 g/mol. The molecule has 0 bridgehead atoms. The predicted molar refractivity (Wildman–Crippen MR) is 153 cm³/mol. The number of nitrogens with zero attached hydrogens (tertiary/aromatic N) is 1. The lowest BCUT2D eigenvalue weighted by molar-refractivity contribution is -0.136. The third kappa shape index (κ3) is 6.57. The quantitative estimate of drug-likeness (QED) is 0.194. The molecule has 3 aromatic rings. The van der Waals surface area contributed by atoms with Crippen LogP contribution in [0.2, 0.25) is 0 Å². The minimum absolute atomic E-state index is 0.00200. The van der Waals surface area contributed by atoms with Crippen molar-refractivity contribution in [3.05, 3.63) is 137 Å². The van der Waals surface area contributed by atoms with E-state index in [4.69, 9.17) is 9.15 Å². The fourth-order valence-corrected chi connectivity index (χ4v) is 5.33. The first-order valence-electron chi connectivity index (χ1n) is 13.2. The first-order chi connectivity index (χ1) is 19.1. The van der Waals surface area contributed by atoms with Crippen LogP contribution in [0.3, 0.4) is 0 Å². The van der Waals surface area contributed by atoms with Gasteiger partial charge in [-0.25, -0.2) is 0 Å². The molecule has 1 heterocycles. The number of hydrogen-bond acceptors (Lipinski definition) is 4. The summed E-state index contributed by atoms with van der Waals surface area (Å²) in [5.74, 6) is 0.207. The molecule has 3 aromatic carbocycles. The monoisotopic (exact) mass is 519 g/mol. The van der Waals surface area contributed by atoms with Crippen molar-refractivity contribution in [2.24, 2.45) is 0 Å². The van der Waals surface area contributed by atoms with Gasteiger partial charge in [-0.15, -0.1) is 0 Å². The number of carbonyl (C=O) groups is 1. The highest BCUT2D eigenvalue weighted by Crippen LogP contribution is 2.33. The van der Waals surface area contributed by atoms with E-state index in [9.17, 15) is 9.90 Å². The van der Waals surface area contributed by atoms with Crippen molar-refractivity contribution in [1.82, 2.24) is 4.90 Å². The number of ether oxygens (including phenoxy) is 1. The van der Waals surface area contributed by atoms with Gasteiger partial charge in [0.15, 0.2) is 0 Å². The lowest BCUT2D eigenvalue weighted by Crippen LogP contribution is -2.31. The van der Waals surface area contributed by atoms with Crippen molar-refractivity contribution in [2.45, 2.75) is 25.3 Å². The maximum Gasteiger partial charge on any atom is 0.307 e. The Labute approximate surface area is 229 Å². The van der Waals surface area contributed by atoms with E-state index in [1.165, 1.54) is 16.7 Å². The molecule has 1 N–H and O–H groups in total. The SMILES string of the molecule is COc1ccc(CN(CCc2cc3coccc-3c2CC(=O)O)CC(c2ccccc2)c2ccccc2)cc1. The summed E-state index contributed by atoms with van der Waals surface area (Å²) >= 11 is 0. The van der Waals surface area contributed by atoms with Crippen molar-refractivity contribution < 1.29 is 19.1 Å². The zero-order chi connectivity index (χ0) is 27.0. The molecule has 0 amide bonds. The van der Waals surface area contributed by atoms with E-state index < -0.39 is 5.97 Å². The number of carboxylic acid groups (broad SMARTS) is 1. The summed E-state index contributed by atoms with van der Waals surface area (Å²) in [4.78, 5) is 14.2. The van der Waals surface area contributed by atoms with Gasteiger partial charge in [-0.1, -0.05) is 72.8 Å². The van der Waals surface area contributed by atoms with Crippen LogP contribution in [0.15, 0.2) is 114 Å². The van der Waals surface area contributed by atoms with Crippen LogP contribution in [0.4, 0.5) is 0 Å². The second kappa shape index (κ2) is 12.5. The van der Waals surface area contributed by atoms with Gasteiger partial charge in [0.1, 0.15) is 5.75 Å². The van der Waals surface area contributed by atoms with E-state index in [1.54, 1.807) is 19.6 Å². The molecular weight excluding hydrogens is 486 g/mol. The van der Waals surface area contributed by atoms with Crippen LogP contribution >= 0.6 is 0 Å². The van der Waals surface area contributed by atoms with Crippen LogP contribution in [0.1, 0.15) is 33.7 Å². The Bertz CT molecular complexity index is 1400. The highest BCUT2D eigenvalue weighted by molar-refractivity contribution is 5.80. The zero-order valence-electron chi connectivity index (χ0n) is 22.1. The van der Waals surface area contributed by atoms with Crippen LogP contribution in [0.5, 0.6) is 5.75 Å². The van der Waals surface area contributed by atoms with Crippen molar-refractivity contribution >= 4 is 5.97 Å². The summed E-state index contributed by atoms with van der Waals surface area (Å²) in [5, 5.41) is 9.61. The third-order valence-electron chi connectivity index (χ3n) is 7.30. The molecule has 0 aromatic heterocycles. The van der Waals surface area contributed by atoms with E-state index in [1.807, 2.05) is 18.2 Å². The largest absolute Gasteiger partial charge is 0.497 e. The Morgan fingerprint density at radius 2 is 1.59 bits per heavy atom. The second-order valence-electron chi connectivity index (χ2n) is 9.85. The molecule has 5 nitrogen and oxygen atoms in total. The fraction of sp³-hybridized carbons (Fsp3) is 0.206. The maximum absolute atomic E-state index is 11.7. The topological polar surface area (TPSA) is 62.9 Å². The zero-order valence-corrected chi connectivity index (χ0v) is 22.1. The first kappa shape index (κ1) is 26.3. The summed E-state index contributed by atoms with van der Waals surface area (Å²) in [6.07, 6.45) is 4.04. The maximum atomic E-state index is 11.7. The van der Waals surface area contributed by atoms with Gasteiger partial charge >= 0.3 is 5.97 Å². The van der Waals surface area contributed by atoms with Gasteiger partial charge in [-0.2, -0.15) is 0 Å². The molecule has 0 radical (unpaired) electrons. The smallest absolute Gasteiger partial charge is 0.307 e. The molecule has 5 rings (SSSR count). The van der Waals surface area contributed by atoms with Crippen molar-refractivity contribution in [1.29, 1.82) is 0 Å². The van der Waals surface area contributed by atoms with Gasteiger partial charge in [-0.3, -0.25) is 9.69 Å². The number of aliphatic carboxylic acids is 1. The molecule has 0 saturated carbocycles. The molecule has 5 heteroatoms. The Morgan fingerprint density at radius 3 is 2.21 bits per heavy atom. The van der Waals surface area contributed by atoms with E-state index >= 15 is 0 Å². The number of benzene rings is 3. The molecule has 198 valence electrons. The standard InChI is InChI=1S/C34H33NO4/c1-38-30-14-12-25(13-15-30)22-35(23-33(26-8-4-2-5-9-26)27-10-6-3-7-11-27)18-16-28-20-29-24-39-19-17-31(29)32(28)21-34(36)37/h2-15,17,19-20,24,33H,16,18,21-23H2,1H3,(H,36,37). The Kier molecular flexibility index (Phi) is 8.39. The lowest BCUT2D eigenvalue weighted by atomic mass is 9.90. The highest BCUT2D eigenvalue weighted by Gasteiger charge is 2.22. The second-order valence-corrected chi connectivity index (χ2v) is 9.85. The van der Waals surface area contributed by atoms with Gasteiger partial charge in [0, 0.05) is 31.1 Å². The fourth-order valence-electron chi connectivity index (χ4n) is 5.33. The van der Waals surface area contributed by atoms with Gasteiger partial charge in [0.2, 0.25) is 0 Å². The summed E-state index contributed by atoms with van der Waals surface area (Å²) in [5.41, 5.74) is 7.58. The molecule has 0 spiro atoms. The van der Waals surface area contributed by atoms with Crippen LogP contribution in [-0.2, 0) is 24.2 Å². The van der Waals surface area contributed by atoms with E-state index in [0.717, 1.165) is 54.1 Å². The molecule has 0 unspecified atom stereocenters. The van der Waals surface area contributed by atoms with Crippen molar-refractivity contribution in [2.75, 3.05) is 20.2 Å². The van der Waals surface area contributed by atoms with E-state index in [-0.39, 0.29) is 12.3 Å². The molecule has 1 aliphatic heterocycles. The normalized spacial score (nSPS) is 11.4. The predicted octanol–water partition coefficient (Wildman–Crippen LogP) is 6.90. The van der Waals surface area contributed by atoms with Gasteiger partial charge < -0.3 is 14.3 Å². The average Bonchev–Trinajstić information content (AvgIpc) is 3.32. The Balaban J connectivity index is 1.45. The molecule has 0 atom stereocenters. The van der Waals surface area contributed by atoms with Crippen molar-refractivity contribution in [3.63, 3.8) is 0 Å². The number of hydrogen-bond donors (Lipinski definition) is 1. The van der Waals surface area contributed by atoms with Gasteiger partial charge in [0.05, 0.1) is 26.1 Å². The first-order valence-corrected chi connectivity index (χ1v) is 13.2. The number of rotatable bonds is 12. The van der Waals surface area contributed by atoms with E-state index in [2.05, 4.69) is 83.8 Å².